The van der Waals surface area contributed by atoms with Gasteiger partial charge >= 0.3 is 0 Å². The predicted octanol–water partition coefficient (Wildman–Crippen LogP) is -4.71. The number of methoxy groups -OCH3 is 1. The molecule has 164 valence electrons. The van der Waals surface area contributed by atoms with Gasteiger partial charge in [0.15, 0.2) is 6.29 Å². The van der Waals surface area contributed by atoms with E-state index >= 15 is 0 Å². The van der Waals surface area contributed by atoms with Crippen LogP contribution >= 0.6 is 0 Å². The molecule has 3 saturated heterocycles. The molecule has 12 nitrogen and oxygen atoms in total. The molecule has 0 unspecified atom stereocenters. The number of hydroxylamine groups is 2. The summed E-state index contributed by atoms with van der Waals surface area (Å²) in [6.07, 6.45) is -9.61. The van der Waals surface area contributed by atoms with Crippen molar-refractivity contribution in [3.63, 3.8) is 0 Å². The van der Waals surface area contributed by atoms with Gasteiger partial charge in [-0.05, 0) is 6.42 Å². The summed E-state index contributed by atoms with van der Waals surface area (Å²) in [5, 5.41) is 70.1. The molecule has 0 aromatic carbocycles. The SMILES string of the molecule is CO[C@@H]1O[C@@H]([C@@H](CO)OC[C@@H]2C[C@H]3[C@H](O)[C@@H](O)[C@H]([C@H](O)CO)N3O2)[C@H](O)[C@H]1O. The Morgan fingerprint density at radius 1 is 1.04 bits per heavy atom. The van der Waals surface area contributed by atoms with E-state index < -0.39 is 80.4 Å². The molecular formula is C16H29NO11. The summed E-state index contributed by atoms with van der Waals surface area (Å²) in [5.41, 5.74) is 0. The first-order chi connectivity index (χ1) is 13.3. The monoisotopic (exact) mass is 411 g/mol. The summed E-state index contributed by atoms with van der Waals surface area (Å²) in [7, 11) is 1.31. The van der Waals surface area contributed by atoms with E-state index in [4.69, 9.17) is 24.2 Å². The average Bonchev–Trinajstić information content (AvgIpc) is 3.30. The third-order valence-corrected chi connectivity index (χ3v) is 5.60. The zero-order valence-electron chi connectivity index (χ0n) is 15.4. The molecular weight excluding hydrogens is 382 g/mol. The predicted molar refractivity (Wildman–Crippen MR) is 88.5 cm³/mol. The summed E-state index contributed by atoms with van der Waals surface area (Å²) in [6, 6.07) is -1.57. The van der Waals surface area contributed by atoms with Crippen LogP contribution in [0.2, 0.25) is 0 Å². The lowest BCUT2D eigenvalue weighted by Crippen LogP contribution is -2.47. The molecule has 3 rings (SSSR count). The van der Waals surface area contributed by atoms with Crippen LogP contribution in [0.1, 0.15) is 6.42 Å². The van der Waals surface area contributed by atoms with Crippen LogP contribution in [0.4, 0.5) is 0 Å². The summed E-state index contributed by atoms with van der Waals surface area (Å²) >= 11 is 0. The lowest BCUT2D eigenvalue weighted by molar-refractivity contribution is -0.222. The first kappa shape index (κ1) is 22.2. The number of aliphatic hydroxyl groups excluding tert-OH is 7. The van der Waals surface area contributed by atoms with Crippen LogP contribution in [0.25, 0.3) is 0 Å². The first-order valence-electron chi connectivity index (χ1n) is 9.21. The Balaban J connectivity index is 1.57. The fourth-order valence-corrected chi connectivity index (χ4v) is 4.09. The minimum Gasteiger partial charge on any atom is -0.394 e. The van der Waals surface area contributed by atoms with Crippen molar-refractivity contribution < 1.29 is 54.8 Å². The molecule has 3 aliphatic rings. The maximum atomic E-state index is 10.2. The van der Waals surface area contributed by atoms with E-state index in [1.165, 1.54) is 12.2 Å². The van der Waals surface area contributed by atoms with E-state index in [1.807, 2.05) is 0 Å². The molecule has 3 fully saturated rings. The molecule has 3 heterocycles. The molecule has 0 bridgehead atoms. The lowest BCUT2D eigenvalue weighted by atomic mass is 10.0. The summed E-state index contributed by atoms with van der Waals surface area (Å²) in [4.78, 5) is 5.67. The molecule has 0 amide bonds. The number of rotatable bonds is 8. The van der Waals surface area contributed by atoms with Gasteiger partial charge < -0.3 is 50.0 Å². The van der Waals surface area contributed by atoms with Crippen LogP contribution < -0.4 is 0 Å². The summed E-state index contributed by atoms with van der Waals surface area (Å²) in [5.74, 6) is 0. The molecule has 3 aliphatic heterocycles. The number of ether oxygens (including phenoxy) is 3. The minimum atomic E-state index is -1.31. The quantitative estimate of drug-likeness (QED) is 0.203. The van der Waals surface area contributed by atoms with E-state index in [0.717, 1.165) is 0 Å². The van der Waals surface area contributed by atoms with Gasteiger partial charge in [0.1, 0.15) is 36.6 Å². The normalized spacial score (nSPS) is 46.1. The maximum absolute atomic E-state index is 10.2. The largest absolute Gasteiger partial charge is 0.394 e. The van der Waals surface area contributed by atoms with Gasteiger partial charge in [-0.3, -0.25) is 4.84 Å². The third kappa shape index (κ3) is 3.93. The standard InChI is InChI=1S/C16H29NO11/c1-25-16-14(24)13(23)15(27-16)9(4-19)26-5-6-2-7-11(21)12(22)10(8(20)3-18)17(7)28-6/h6-16,18-24H,2-5H2,1H3/t6-,7-,8+,9+,10-,11-,12-,13+,14+,15-,16+/m0/s1. The lowest BCUT2D eigenvalue weighted by Gasteiger charge is -2.29. The molecule has 0 spiro atoms. The highest BCUT2D eigenvalue weighted by molar-refractivity contribution is 5.04. The van der Waals surface area contributed by atoms with Gasteiger partial charge in [-0.15, -0.1) is 0 Å². The molecule has 0 aliphatic carbocycles. The Morgan fingerprint density at radius 2 is 1.75 bits per heavy atom. The molecule has 12 heteroatoms. The van der Waals surface area contributed by atoms with E-state index in [2.05, 4.69) is 0 Å². The van der Waals surface area contributed by atoms with Crippen LogP contribution in [0.15, 0.2) is 0 Å². The number of hydrogen-bond donors (Lipinski definition) is 7. The molecule has 0 aromatic heterocycles. The fourth-order valence-electron chi connectivity index (χ4n) is 4.09. The molecule has 0 saturated carbocycles. The van der Waals surface area contributed by atoms with Crippen LogP contribution in [0, 0.1) is 0 Å². The van der Waals surface area contributed by atoms with Gasteiger partial charge in [0.25, 0.3) is 0 Å². The van der Waals surface area contributed by atoms with Crippen molar-refractivity contribution in [3.05, 3.63) is 0 Å². The molecule has 11 atom stereocenters. The Labute approximate surface area is 161 Å². The topological polar surface area (TPSA) is 182 Å². The third-order valence-electron chi connectivity index (χ3n) is 5.60. The highest BCUT2D eigenvalue weighted by Gasteiger charge is 2.56. The molecule has 0 radical (unpaired) electrons. The second kappa shape index (κ2) is 9.12. The van der Waals surface area contributed by atoms with Crippen LogP contribution in [-0.2, 0) is 19.0 Å². The minimum absolute atomic E-state index is 0.0384. The first-order valence-corrected chi connectivity index (χ1v) is 9.21. The van der Waals surface area contributed by atoms with Gasteiger partial charge in [0.05, 0.1) is 44.1 Å². The van der Waals surface area contributed by atoms with Gasteiger partial charge in [0, 0.05) is 7.11 Å². The Morgan fingerprint density at radius 3 is 2.32 bits per heavy atom. The van der Waals surface area contributed by atoms with Crippen molar-refractivity contribution in [2.45, 2.75) is 73.6 Å². The van der Waals surface area contributed by atoms with Crippen molar-refractivity contribution in [1.82, 2.24) is 5.06 Å². The van der Waals surface area contributed by atoms with E-state index in [0.29, 0.717) is 0 Å². The van der Waals surface area contributed by atoms with Crippen molar-refractivity contribution in [2.75, 3.05) is 26.9 Å². The van der Waals surface area contributed by atoms with Crippen LogP contribution in [0.3, 0.4) is 0 Å². The summed E-state index contributed by atoms with van der Waals surface area (Å²) < 4.78 is 15.9. The Kier molecular flexibility index (Phi) is 7.23. The van der Waals surface area contributed by atoms with Gasteiger partial charge in [-0.1, -0.05) is 0 Å². The van der Waals surface area contributed by atoms with E-state index in [-0.39, 0.29) is 13.0 Å². The van der Waals surface area contributed by atoms with Gasteiger partial charge in [-0.2, -0.15) is 5.06 Å². The van der Waals surface area contributed by atoms with Crippen molar-refractivity contribution >= 4 is 0 Å². The van der Waals surface area contributed by atoms with E-state index in [9.17, 15) is 30.6 Å². The zero-order chi connectivity index (χ0) is 20.6. The second-order valence-electron chi connectivity index (χ2n) is 7.35. The number of nitrogens with zero attached hydrogens (tertiary/aromatic N) is 1. The second-order valence-corrected chi connectivity index (χ2v) is 7.35. The van der Waals surface area contributed by atoms with Crippen LogP contribution in [-0.4, -0.2) is 135 Å². The Hall–Kier alpha value is -0.480. The number of aliphatic hydroxyl groups is 7. The fraction of sp³-hybridized carbons (Fsp3) is 1.00. The van der Waals surface area contributed by atoms with Gasteiger partial charge in [-0.25, -0.2) is 0 Å². The molecule has 0 aromatic rings. The summed E-state index contributed by atoms with van der Waals surface area (Å²) in [6.45, 7) is -1.13. The zero-order valence-corrected chi connectivity index (χ0v) is 15.4. The molecule has 7 N–H and O–H groups in total. The van der Waals surface area contributed by atoms with Crippen molar-refractivity contribution in [1.29, 1.82) is 0 Å². The van der Waals surface area contributed by atoms with Gasteiger partial charge in [0.2, 0.25) is 0 Å². The Bertz CT molecular complexity index is 513. The highest BCUT2D eigenvalue weighted by Crippen LogP contribution is 2.37. The maximum Gasteiger partial charge on any atom is 0.186 e. The van der Waals surface area contributed by atoms with Crippen LogP contribution in [0.5, 0.6) is 0 Å². The number of hydrogen-bond acceptors (Lipinski definition) is 12. The average molecular weight is 411 g/mol. The van der Waals surface area contributed by atoms with E-state index in [1.54, 1.807) is 0 Å². The smallest absolute Gasteiger partial charge is 0.186 e. The van der Waals surface area contributed by atoms with Crippen molar-refractivity contribution in [3.8, 4) is 0 Å². The highest BCUT2D eigenvalue weighted by atomic mass is 16.7. The molecule has 28 heavy (non-hydrogen) atoms. The van der Waals surface area contributed by atoms with Crippen molar-refractivity contribution in [2.24, 2.45) is 0 Å². The number of fused-ring (bicyclic) bond motifs is 1.